The molecule has 5 nitrogen and oxygen atoms in total. The van der Waals surface area contributed by atoms with Gasteiger partial charge in [-0.25, -0.2) is 0 Å². The van der Waals surface area contributed by atoms with Crippen molar-refractivity contribution in [3.05, 3.63) is 53.5 Å². The summed E-state index contributed by atoms with van der Waals surface area (Å²) < 4.78 is 5.46. The lowest BCUT2D eigenvalue weighted by Crippen LogP contribution is -2.30. The number of carbonyl (C=O) groups is 1. The molecule has 1 aromatic heterocycles. The lowest BCUT2D eigenvalue weighted by molar-refractivity contribution is 0.0920. The fourth-order valence-corrected chi connectivity index (χ4v) is 3.20. The number of amides is 1. The number of furan rings is 1. The summed E-state index contributed by atoms with van der Waals surface area (Å²) in [5.41, 5.74) is 1.45. The van der Waals surface area contributed by atoms with Crippen molar-refractivity contribution in [1.29, 1.82) is 0 Å². The summed E-state index contributed by atoms with van der Waals surface area (Å²) >= 11 is 0. The SMILES string of the molecule is Cc1ccccc1N1CCC(CNC(=O)c2ccc(C#CC(C)(C)O)o2)C1. The van der Waals surface area contributed by atoms with Crippen LogP contribution in [0.2, 0.25) is 0 Å². The maximum atomic E-state index is 12.3. The molecule has 3 rings (SSSR count). The molecule has 2 aromatic rings. The molecule has 1 aliphatic heterocycles. The van der Waals surface area contributed by atoms with Crippen LogP contribution in [0.25, 0.3) is 0 Å². The van der Waals surface area contributed by atoms with E-state index in [1.54, 1.807) is 26.0 Å². The maximum absolute atomic E-state index is 12.3. The highest BCUT2D eigenvalue weighted by Gasteiger charge is 2.24. The van der Waals surface area contributed by atoms with Crippen LogP contribution >= 0.6 is 0 Å². The number of benzene rings is 1. The highest BCUT2D eigenvalue weighted by Crippen LogP contribution is 2.26. The van der Waals surface area contributed by atoms with E-state index in [-0.39, 0.29) is 11.7 Å². The number of para-hydroxylation sites is 1. The van der Waals surface area contributed by atoms with E-state index in [4.69, 9.17) is 4.42 Å². The lowest BCUT2D eigenvalue weighted by Gasteiger charge is -2.21. The van der Waals surface area contributed by atoms with Gasteiger partial charge in [-0.05, 0) is 62.8 Å². The van der Waals surface area contributed by atoms with Gasteiger partial charge in [-0.15, -0.1) is 0 Å². The maximum Gasteiger partial charge on any atom is 0.287 e. The van der Waals surface area contributed by atoms with Crippen LogP contribution in [0.3, 0.4) is 0 Å². The molecule has 1 atom stereocenters. The smallest absolute Gasteiger partial charge is 0.287 e. The summed E-state index contributed by atoms with van der Waals surface area (Å²) in [6.45, 7) is 7.87. The highest BCUT2D eigenvalue weighted by molar-refractivity contribution is 5.91. The third-order valence-corrected chi connectivity index (χ3v) is 4.61. The molecule has 2 heterocycles. The highest BCUT2D eigenvalue weighted by atomic mass is 16.3. The minimum absolute atomic E-state index is 0.236. The van der Waals surface area contributed by atoms with Crippen LogP contribution < -0.4 is 10.2 Å². The standard InChI is InChI=1S/C22H26N2O3/c1-16-6-4-5-7-19(16)24-13-11-17(15-24)14-23-21(25)20-9-8-18(27-20)10-12-22(2,3)26/h4-9,17,26H,11,13-15H2,1-3H3,(H,23,25). The molecule has 1 fully saturated rings. The van der Waals surface area contributed by atoms with E-state index in [0.717, 1.165) is 19.5 Å². The summed E-state index contributed by atoms with van der Waals surface area (Å²) in [4.78, 5) is 14.7. The number of aryl methyl sites for hydroxylation is 1. The average molecular weight is 366 g/mol. The summed E-state index contributed by atoms with van der Waals surface area (Å²) in [6, 6.07) is 11.6. The number of anilines is 1. The zero-order chi connectivity index (χ0) is 19.4. The summed E-state index contributed by atoms with van der Waals surface area (Å²) in [7, 11) is 0. The van der Waals surface area contributed by atoms with Gasteiger partial charge >= 0.3 is 0 Å². The van der Waals surface area contributed by atoms with Gasteiger partial charge in [-0.1, -0.05) is 24.1 Å². The second-order valence-corrected chi connectivity index (χ2v) is 7.57. The molecule has 5 heteroatoms. The molecule has 1 unspecified atom stereocenters. The molecule has 0 spiro atoms. The van der Waals surface area contributed by atoms with E-state index in [1.165, 1.54) is 11.3 Å². The molecule has 0 aliphatic carbocycles. The second kappa shape index (κ2) is 7.89. The molecule has 1 amide bonds. The fourth-order valence-electron chi connectivity index (χ4n) is 3.20. The Morgan fingerprint density at radius 1 is 1.33 bits per heavy atom. The molecule has 1 aromatic carbocycles. The third-order valence-electron chi connectivity index (χ3n) is 4.61. The van der Waals surface area contributed by atoms with Crippen molar-refractivity contribution in [2.45, 2.75) is 32.8 Å². The normalized spacial score (nSPS) is 16.7. The number of rotatable bonds is 4. The Bertz CT molecular complexity index is 867. The van der Waals surface area contributed by atoms with Crippen LogP contribution in [0.5, 0.6) is 0 Å². The molecule has 142 valence electrons. The van der Waals surface area contributed by atoms with Gasteiger partial charge in [0.2, 0.25) is 0 Å². The third kappa shape index (κ3) is 5.15. The predicted octanol–water partition coefficient (Wildman–Crippen LogP) is 2.97. The van der Waals surface area contributed by atoms with Crippen LogP contribution in [0.4, 0.5) is 5.69 Å². The van der Waals surface area contributed by atoms with Gasteiger partial charge in [0.25, 0.3) is 5.91 Å². The van der Waals surface area contributed by atoms with Gasteiger partial charge in [-0.3, -0.25) is 4.79 Å². The zero-order valence-corrected chi connectivity index (χ0v) is 16.1. The molecular formula is C22H26N2O3. The predicted molar refractivity (Wildman–Crippen MR) is 106 cm³/mol. The van der Waals surface area contributed by atoms with Crippen LogP contribution in [0.1, 0.15) is 42.1 Å². The van der Waals surface area contributed by atoms with E-state index in [0.29, 0.717) is 18.2 Å². The van der Waals surface area contributed by atoms with E-state index in [1.807, 2.05) is 0 Å². The largest absolute Gasteiger partial charge is 0.443 e. The molecule has 0 saturated carbocycles. The van der Waals surface area contributed by atoms with Gasteiger partial charge in [0.15, 0.2) is 11.5 Å². The molecule has 0 bridgehead atoms. The van der Waals surface area contributed by atoms with Crippen molar-refractivity contribution in [3.63, 3.8) is 0 Å². The number of nitrogens with one attached hydrogen (secondary N) is 1. The molecule has 1 aliphatic rings. The Morgan fingerprint density at radius 2 is 2.11 bits per heavy atom. The fraction of sp³-hybridized carbons (Fsp3) is 0.409. The number of hydrogen-bond acceptors (Lipinski definition) is 4. The molecule has 1 saturated heterocycles. The van der Waals surface area contributed by atoms with Crippen molar-refractivity contribution in [2.24, 2.45) is 5.92 Å². The number of nitrogens with zero attached hydrogens (tertiary/aromatic N) is 1. The quantitative estimate of drug-likeness (QED) is 0.817. The summed E-state index contributed by atoms with van der Waals surface area (Å²) in [5, 5.41) is 12.6. The first-order valence-corrected chi connectivity index (χ1v) is 9.26. The minimum Gasteiger partial charge on any atom is -0.443 e. The number of aliphatic hydroxyl groups is 1. The first kappa shape index (κ1) is 19.1. The molecular weight excluding hydrogens is 340 g/mol. The Kier molecular flexibility index (Phi) is 5.57. The molecule has 27 heavy (non-hydrogen) atoms. The summed E-state index contributed by atoms with van der Waals surface area (Å²) in [6.07, 6.45) is 1.05. The van der Waals surface area contributed by atoms with Gasteiger partial charge < -0.3 is 19.7 Å². The molecule has 0 radical (unpaired) electrons. The Labute approximate surface area is 160 Å². The van der Waals surface area contributed by atoms with Gasteiger partial charge in [0.1, 0.15) is 5.60 Å². The Balaban J connectivity index is 1.52. The van der Waals surface area contributed by atoms with Crippen LogP contribution in [0, 0.1) is 24.7 Å². The van der Waals surface area contributed by atoms with Crippen molar-refractivity contribution in [3.8, 4) is 11.8 Å². The number of carbonyl (C=O) groups excluding carboxylic acids is 1. The van der Waals surface area contributed by atoms with Crippen LogP contribution in [-0.4, -0.2) is 36.2 Å². The van der Waals surface area contributed by atoms with Gasteiger partial charge in [-0.2, -0.15) is 0 Å². The van der Waals surface area contributed by atoms with E-state index in [2.05, 4.69) is 53.2 Å². The Hall–Kier alpha value is -2.71. The zero-order valence-electron chi connectivity index (χ0n) is 16.1. The van der Waals surface area contributed by atoms with E-state index >= 15 is 0 Å². The molecule has 2 N–H and O–H groups in total. The monoisotopic (exact) mass is 366 g/mol. The van der Waals surface area contributed by atoms with E-state index in [9.17, 15) is 9.90 Å². The lowest BCUT2D eigenvalue weighted by atomic mass is 10.1. The van der Waals surface area contributed by atoms with Gasteiger partial charge in [0, 0.05) is 25.3 Å². The minimum atomic E-state index is -1.10. The number of hydrogen-bond donors (Lipinski definition) is 2. The van der Waals surface area contributed by atoms with E-state index < -0.39 is 5.60 Å². The first-order chi connectivity index (χ1) is 12.8. The second-order valence-electron chi connectivity index (χ2n) is 7.57. The van der Waals surface area contributed by atoms with Gasteiger partial charge in [0.05, 0.1) is 0 Å². The van der Waals surface area contributed by atoms with Crippen LogP contribution in [0.15, 0.2) is 40.8 Å². The topological polar surface area (TPSA) is 65.7 Å². The van der Waals surface area contributed by atoms with Crippen molar-refractivity contribution < 1.29 is 14.3 Å². The Morgan fingerprint density at radius 3 is 2.85 bits per heavy atom. The van der Waals surface area contributed by atoms with Crippen molar-refractivity contribution in [2.75, 3.05) is 24.5 Å². The van der Waals surface area contributed by atoms with Crippen LogP contribution in [-0.2, 0) is 0 Å². The average Bonchev–Trinajstić information content (AvgIpc) is 3.27. The first-order valence-electron chi connectivity index (χ1n) is 9.26. The van der Waals surface area contributed by atoms with Crippen molar-refractivity contribution in [1.82, 2.24) is 5.32 Å². The van der Waals surface area contributed by atoms with Crippen molar-refractivity contribution >= 4 is 11.6 Å². The summed E-state index contributed by atoms with van der Waals surface area (Å²) in [5.74, 6) is 6.19.